The molecule has 1 N–H and O–H groups in total. The highest BCUT2D eigenvalue weighted by atomic mass is 32.1. The molecule has 1 saturated carbocycles. The maximum atomic E-state index is 6.28. The highest BCUT2D eigenvalue weighted by Crippen LogP contribution is 2.45. The fraction of sp³-hybridized carbons (Fsp3) is 0.778. The molecule has 1 aromatic heterocycles. The standard InChI is InChI=1S/C18H29NOS/c1-3-19-17(16-8-7-14(2)21-16)15-9-12-20-18(13-15)10-5-4-6-11-18/h7-8,15,17,19H,3-6,9-13H2,1-2H3. The van der Waals surface area contributed by atoms with Gasteiger partial charge in [0.05, 0.1) is 5.60 Å². The van der Waals surface area contributed by atoms with Crippen molar-refractivity contribution in [1.82, 2.24) is 5.32 Å². The molecule has 2 fully saturated rings. The van der Waals surface area contributed by atoms with Gasteiger partial charge in [-0.2, -0.15) is 0 Å². The first-order valence-corrected chi connectivity index (χ1v) is 9.48. The molecule has 118 valence electrons. The summed E-state index contributed by atoms with van der Waals surface area (Å²) in [5.74, 6) is 0.731. The number of hydrogen-bond acceptors (Lipinski definition) is 3. The van der Waals surface area contributed by atoms with Gasteiger partial charge < -0.3 is 10.1 Å². The third-order valence-electron chi connectivity index (χ3n) is 5.26. The zero-order chi connectivity index (χ0) is 14.7. The van der Waals surface area contributed by atoms with Crippen molar-refractivity contribution in [1.29, 1.82) is 0 Å². The van der Waals surface area contributed by atoms with Crippen molar-refractivity contribution in [2.75, 3.05) is 13.2 Å². The lowest BCUT2D eigenvalue weighted by Crippen LogP contribution is -2.44. The fourth-order valence-electron chi connectivity index (χ4n) is 4.23. The number of hydrogen-bond donors (Lipinski definition) is 1. The Morgan fingerprint density at radius 2 is 2.14 bits per heavy atom. The second kappa shape index (κ2) is 6.80. The van der Waals surface area contributed by atoms with Crippen LogP contribution in [0.1, 0.15) is 67.7 Å². The lowest BCUT2D eigenvalue weighted by atomic mass is 9.74. The van der Waals surface area contributed by atoms with Crippen molar-refractivity contribution < 1.29 is 4.74 Å². The van der Waals surface area contributed by atoms with Crippen LogP contribution in [0.5, 0.6) is 0 Å². The Balaban J connectivity index is 1.75. The number of ether oxygens (including phenoxy) is 1. The molecular formula is C18H29NOS. The largest absolute Gasteiger partial charge is 0.375 e. The lowest BCUT2D eigenvalue weighted by molar-refractivity contribution is -0.121. The molecule has 0 aromatic carbocycles. The highest BCUT2D eigenvalue weighted by Gasteiger charge is 2.41. The van der Waals surface area contributed by atoms with Gasteiger partial charge in [0.1, 0.15) is 0 Å². The van der Waals surface area contributed by atoms with E-state index in [1.807, 2.05) is 11.3 Å². The first-order chi connectivity index (χ1) is 10.2. The Hall–Kier alpha value is -0.380. The average Bonchev–Trinajstić information content (AvgIpc) is 2.92. The van der Waals surface area contributed by atoms with E-state index in [2.05, 4.69) is 31.3 Å². The van der Waals surface area contributed by atoms with Crippen molar-refractivity contribution >= 4 is 11.3 Å². The molecule has 0 radical (unpaired) electrons. The Morgan fingerprint density at radius 1 is 1.33 bits per heavy atom. The molecule has 2 nitrogen and oxygen atoms in total. The van der Waals surface area contributed by atoms with Crippen LogP contribution in [0.25, 0.3) is 0 Å². The molecule has 1 spiro atoms. The van der Waals surface area contributed by atoms with Gasteiger partial charge in [-0.25, -0.2) is 0 Å². The predicted molar refractivity (Wildman–Crippen MR) is 90.0 cm³/mol. The monoisotopic (exact) mass is 307 g/mol. The summed E-state index contributed by atoms with van der Waals surface area (Å²) in [4.78, 5) is 2.94. The molecule has 2 atom stereocenters. The summed E-state index contributed by atoms with van der Waals surface area (Å²) in [6, 6.07) is 5.12. The molecule has 0 amide bonds. The van der Waals surface area contributed by atoms with Gasteiger partial charge in [0.25, 0.3) is 0 Å². The zero-order valence-electron chi connectivity index (χ0n) is 13.5. The van der Waals surface area contributed by atoms with Gasteiger partial charge in [-0.3, -0.25) is 0 Å². The van der Waals surface area contributed by atoms with Crippen molar-refractivity contribution in [3.8, 4) is 0 Å². The van der Waals surface area contributed by atoms with E-state index in [1.165, 1.54) is 54.7 Å². The summed E-state index contributed by atoms with van der Waals surface area (Å²) >= 11 is 1.96. The van der Waals surface area contributed by atoms with Crippen LogP contribution in [-0.4, -0.2) is 18.8 Å². The van der Waals surface area contributed by atoms with Crippen molar-refractivity contribution in [3.05, 3.63) is 21.9 Å². The molecule has 21 heavy (non-hydrogen) atoms. The van der Waals surface area contributed by atoms with Gasteiger partial charge in [-0.15, -0.1) is 11.3 Å². The number of aryl methyl sites for hydroxylation is 1. The van der Waals surface area contributed by atoms with Gasteiger partial charge in [-0.1, -0.05) is 26.2 Å². The average molecular weight is 308 g/mol. The summed E-state index contributed by atoms with van der Waals surface area (Å²) < 4.78 is 6.28. The SMILES string of the molecule is CCNC(c1ccc(C)s1)C1CCOC2(CCCCC2)C1. The normalized spacial score (nSPS) is 26.9. The van der Waals surface area contributed by atoms with Gasteiger partial charge in [0.15, 0.2) is 0 Å². The van der Waals surface area contributed by atoms with E-state index in [4.69, 9.17) is 4.74 Å². The summed E-state index contributed by atoms with van der Waals surface area (Å²) in [7, 11) is 0. The van der Waals surface area contributed by atoms with Crippen LogP contribution in [0.15, 0.2) is 12.1 Å². The summed E-state index contributed by atoms with van der Waals surface area (Å²) in [6.07, 6.45) is 9.14. The third kappa shape index (κ3) is 3.52. The molecule has 1 saturated heterocycles. The van der Waals surface area contributed by atoms with Gasteiger partial charge in [-0.05, 0) is 57.2 Å². The number of rotatable bonds is 4. The molecule has 3 rings (SSSR count). The molecule has 1 aliphatic carbocycles. The van der Waals surface area contributed by atoms with Crippen LogP contribution >= 0.6 is 11.3 Å². The van der Waals surface area contributed by atoms with Crippen LogP contribution in [0.2, 0.25) is 0 Å². The zero-order valence-corrected chi connectivity index (χ0v) is 14.3. The number of nitrogens with one attached hydrogen (secondary N) is 1. The first kappa shape index (κ1) is 15.5. The van der Waals surface area contributed by atoms with Crippen LogP contribution in [0.4, 0.5) is 0 Å². The van der Waals surface area contributed by atoms with E-state index in [-0.39, 0.29) is 5.60 Å². The summed E-state index contributed by atoms with van der Waals surface area (Å²) in [6.45, 7) is 6.44. The Bertz CT molecular complexity index is 444. The Kier molecular flexibility index (Phi) is 5.03. The molecule has 1 aliphatic heterocycles. The van der Waals surface area contributed by atoms with Crippen LogP contribution in [-0.2, 0) is 4.74 Å². The smallest absolute Gasteiger partial charge is 0.0686 e. The van der Waals surface area contributed by atoms with Gasteiger partial charge >= 0.3 is 0 Å². The minimum atomic E-state index is 0.209. The quantitative estimate of drug-likeness (QED) is 0.859. The predicted octanol–water partition coefficient (Wildman–Crippen LogP) is 4.84. The molecule has 2 aliphatic rings. The van der Waals surface area contributed by atoms with E-state index in [0.717, 1.165) is 19.1 Å². The minimum absolute atomic E-state index is 0.209. The molecule has 1 aromatic rings. The highest BCUT2D eigenvalue weighted by molar-refractivity contribution is 7.12. The summed E-state index contributed by atoms with van der Waals surface area (Å²) in [5, 5.41) is 3.76. The number of thiophene rings is 1. The molecule has 2 unspecified atom stereocenters. The van der Waals surface area contributed by atoms with Gasteiger partial charge in [0, 0.05) is 22.4 Å². The second-order valence-corrected chi connectivity index (χ2v) is 8.15. The maximum Gasteiger partial charge on any atom is 0.0686 e. The van der Waals surface area contributed by atoms with Crippen molar-refractivity contribution in [3.63, 3.8) is 0 Å². The minimum Gasteiger partial charge on any atom is -0.375 e. The van der Waals surface area contributed by atoms with Crippen molar-refractivity contribution in [2.24, 2.45) is 5.92 Å². The third-order valence-corrected chi connectivity index (χ3v) is 6.34. The topological polar surface area (TPSA) is 21.3 Å². The Morgan fingerprint density at radius 3 is 2.81 bits per heavy atom. The van der Waals surface area contributed by atoms with Gasteiger partial charge in [0.2, 0.25) is 0 Å². The van der Waals surface area contributed by atoms with E-state index >= 15 is 0 Å². The molecule has 3 heteroatoms. The first-order valence-electron chi connectivity index (χ1n) is 8.66. The summed E-state index contributed by atoms with van der Waals surface area (Å²) in [5.41, 5.74) is 0.209. The van der Waals surface area contributed by atoms with Crippen LogP contribution in [0.3, 0.4) is 0 Å². The van der Waals surface area contributed by atoms with Crippen LogP contribution < -0.4 is 5.32 Å². The van der Waals surface area contributed by atoms with E-state index in [0.29, 0.717) is 6.04 Å². The molecule has 2 heterocycles. The van der Waals surface area contributed by atoms with E-state index < -0.39 is 0 Å². The van der Waals surface area contributed by atoms with Crippen molar-refractivity contribution in [2.45, 2.75) is 70.4 Å². The van der Waals surface area contributed by atoms with E-state index in [9.17, 15) is 0 Å². The van der Waals surface area contributed by atoms with Crippen LogP contribution in [0, 0.1) is 12.8 Å². The molecule has 0 bridgehead atoms. The second-order valence-electron chi connectivity index (χ2n) is 6.83. The fourth-order valence-corrected chi connectivity index (χ4v) is 5.28. The Labute approximate surface area is 133 Å². The maximum absolute atomic E-state index is 6.28. The lowest BCUT2D eigenvalue weighted by Gasteiger charge is -2.45. The van der Waals surface area contributed by atoms with E-state index in [1.54, 1.807) is 0 Å². The molecular weight excluding hydrogens is 278 g/mol.